The van der Waals surface area contributed by atoms with Crippen LogP contribution >= 0.6 is 0 Å². The Hall–Kier alpha value is -1.84. The third kappa shape index (κ3) is 2.58. The molecule has 0 unspecified atom stereocenters. The van der Waals surface area contributed by atoms with Crippen molar-refractivity contribution in [2.75, 3.05) is 0 Å². The highest BCUT2D eigenvalue weighted by atomic mass is 16.4. The minimum atomic E-state index is -1.36. The van der Waals surface area contributed by atoms with E-state index in [1.54, 1.807) is 30.3 Å². The second-order valence-electron chi connectivity index (χ2n) is 2.92. The zero-order valence-electron chi connectivity index (χ0n) is 7.38. The van der Waals surface area contributed by atoms with Gasteiger partial charge in [0.05, 0.1) is 0 Å². The van der Waals surface area contributed by atoms with Gasteiger partial charge in [-0.15, -0.1) is 0 Å². The Bertz CT molecular complexity index is 317. The van der Waals surface area contributed by atoms with Gasteiger partial charge in [0.1, 0.15) is 0 Å². The van der Waals surface area contributed by atoms with Gasteiger partial charge < -0.3 is 10.2 Å². The largest absolute Gasteiger partial charge is 0.481 e. The van der Waals surface area contributed by atoms with Crippen molar-refractivity contribution in [2.45, 2.75) is 6.42 Å². The summed E-state index contributed by atoms with van der Waals surface area (Å²) in [5.41, 5.74) is 0.710. The van der Waals surface area contributed by atoms with E-state index in [0.717, 1.165) is 0 Å². The Kier molecular flexibility index (Phi) is 3.23. The molecule has 0 aliphatic heterocycles. The number of carbonyl (C=O) groups is 2. The average Bonchev–Trinajstić information content (AvgIpc) is 2.15. The topological polar surface area (TPSA) is 74.6 Å². The zero-order valence-corrected chi connectivity index (χ0v) is 7.38. The van der Waals surface area contributed by atoms with Gasteiger partial charge in [-0.1, -0.05) is 30.3 Å². The smallest absolute Gasteiger partial charge is 0.318 e. The second kappa shape index (κ2) is 4.41. The molecule has 0 heterocycles. The normalized spacial score (nSPS) is 10.1. The number of aliphatic carboxylic acids is 2. The molecule has 0 radical (unpaired) electrons. The van der Waals surface area contributed by atoms with Crippen LogP contribution in [0.5, 0.6) is 0 Å². The third-order valence-corrected chi connectivity index (χ3v) is 1.88. The monoisotopic (exact) mass is 194 g/mol. The molecule has 0 aliphatic rings. The number of hydrogen-bond donors (Lipinski definition) is 2. The van der Waals surface area contributed by atoms with Gasteiger partial charge in [0.25, 0.3) is 0 Å². The summed E-state index contributed by atoms with van der Waals surface area (Å²) in [5.74, 6) is -3.97. The molecule has 0 aromatic heterocycles. The molecule has 0 bridgehead atoms. The molecule has 0 aliphatic carbocycles. The Labute approximate surface area is 80.8 Å². The molecule has 0 amide bonds. The minimum absolute atomic E-state index is 0.0194. The first-order valence-electron chi connectivity index (χ1n) is 4.11. The van der Waals surface area contributed by atoms with Gasteiger partial charge in [0, 0.05) is 0 Å². The fraction of sp³-hybridized carbons (Fsp3) is 0.200. The van der Waals surface area contributed by atoms with Gasteiger partial charge in [-0.3, -0.25) is 9.59 Å². The quantitative estimate of drug-likeness (QED) is 0.701. The van der Waals surface area contributed by atoms with Crippen LogP contribution in [0.25, 0.3) is 0 Å². The number of carboxylic acid groups (broad SMARTS) is 2. The van der Waals surface area contributed by atoms with E-state index < -0.39 is 17.9 Å². The van der Waals surface area contributed by atoms with Gasteiger partial charge in [-0.25, -0.2) is 0 Å². The van der Waals surface area contributed by atoms with E-state index in [9.17, 15) is 9.59 Å². The van der Waals surface area contributed by atoms with E-state index >= 15 is 0 Å². The van der Waals surface area contributed by atoms with Crippen LogP contribution in [0.4, 0.5) is 0 Å². The van der Waals surface area contributed by atoms with Gasteiger partial charge in [0.15, 0.2) is 5.92 Å². The van der Waals surface area contributed by atoms with Crippen LogP contribution in [0, 0.1) is 5.92 Å². The van der Waals surface area contributed by atoms with Crippen LogP contribution in [-0.4, -0.2) is 22.2 Å². The lowest BCUT2D eigenvalue weighted by Crippen LogP contribution is -2.25. The predicted molar refractivity (Wildman–Crippen MR) is 48.9 cm³/mol. The van der Waals surface area contributed by atoms with Crippen LogP contribution in [-0.2, 0) is 16.0 Å². The summed E-state index contributed by atoms with van der Waals surface area (Å²) in [6, 6.07) is 8.70. The van der Waals surface area contributed by atoms with Crippen molar-refractivity contribution in [2.24, 2.45) is 5.92 Å². The van der Waals surface area contributed by atoms with E-state index in [1.165, 1.54) is 0 Å². The highest BCUT2D eigenvalue weighted by Gasteiger charge is 2.25. The highest BCUT2D eigenvalue weighted by molar-refractivity contribution is 5.93. The first-order chi connectivity index (χ1) is 6.61. The van der Waals surface area contributed by atoms with Crippen molar-refractivity contribution >= 4 is 11.9 Å². The molecule has 1 aromatic carbocycles. The van der Waals surface area contributed by atoms with Gasteiger partial charge in [0.2, 0.25) is 0 Å². The molecule has 0 saturated heterocycles. The lowest BCUT2D eigenvalue weighted by atomic mass is 10.00. The summed E-state index contributed by atoms with van der Waals surface area (Å²) in [6.45, 7) is 0. The molecular weight excluding hydrogens is 184 g/mol. The fourth-order valence-electron chi connectivity index (χ4n) is 1.13. The van der Waals surface area contributed by atoms with Crippen molar-refractivity contribution in [3.05, 3.63) is 35.9 Å². The summed E-state index contributed by atoms with van der Waals surface area (Å²) in [6.07, 6.45) is 0.0194. The van der Waals surface area contributed by atoms with Crippen molar-refractivity contribution in [3.63, 3.8) is 0 Å². The van der Waals surface area contributed by atoms with E-state index in [4.69, 9.17) is 10.2 Å². The van der Waals surface area contributed by atoms with Crippen LogP contribution in [0.1, 0.15) is 5.56 Å². The Morgan fingerprint density at radius 3 is 2.00 bits per heavy atom. The first-order valence-corrected chi connectivity index (χ1v) is 4.11. The summed E-state index contributed by atoms with van der Waals surface area (Å²) in [4.78, 5) is 21.1. The molecular formula is C10H10O4. The maximum absolute atomic E-state index is 10.6. The van der Waals surface area contributed by atoms with Gasteiger partial charge >= 0.3 is 11.9 Å². The molecule has 2 N–H and O–H groups in total. The van der Waals surface area contributed by atoms with Crippen LogP contribution in [0.2, 0.25) is 0 Å². The van der Waals surface area contributed by atoms with Crippen molar-refractivity contribution in [1.82, 2.24) is 0 Å². The molecule has 4 nitrogen and oxygen atoms in total. The number of rotatable bonds is 4. The number of hydrogen-bond acceptors (Lipinski definition) is 2. The Morgan fingerprint density at radius 1 is 1.07 bits per heavy atom. The summed E-state index contributed by atoms with van der Waals surface area (Å²) < 4.78 is 0. The van der Waals surface area contributed by atoms with Crippen LogP contribution < -0.4 is 0 Å². The summed E-state index contributed by atoms with van der Waals surface area (Å²) in [5, 5.41) is 17.2. The zero-order chi connectivity index (χ0) is 10.6. The summed E-state index contributed by atoms with van der Waals surface area (Å²) in [7, 11) is 0. The molecule has 74 valence electrons. The molecule has 1 rings (SSSR count). The predicted octanol–water partition coefficient (Wildman–Crippen LogP) is 1.01. The molecule has 0 spiro atoms. The maximum Gasteiger partial charge on any atom is 0.318 e. The van der Waals surface area contributed by atoms with E-state index in [-0.39, 0.29) is 6.42 Å². The van der Waals surface area contributed by atoms with Crippen molar-refractivity contribution in [3.8, 4) is 0 Å². The lowest BCUT2D eigenvalue weighted by Gasteiger charge is -2.06. The molecule has 0 saturated carbocycles. The van der Waals surface area contributed by atoms with E-state index in [2.05, 4.69) is 0 Å². The SMILES string of the molecule is O=C(O)C(Cc1ccccc1)C(=O)O. The molecule has 1 aromatic rings. The third-order valence-electron chi connectivity index (χ3n) is 1.88. The fourth-order valence-corrected chi connectivity index (χ4v) is 1.13. The van der Waals surface area contributed by atoms with Gasteiger partial charge in [-0.2, -0.15) is 0 Å². The maximum atomic E-state index is 10.6. The first kappa shape index (κ1) is 10.2. The number of benzene rings is 1. The summed E-state index contributed by atoms with van der Waals surface area (Å²) >= 11 is 0. The van der Waals surface area contributed by atoms with Gasteiger partial charge in [-0.05, 0) is 12.0 Å². The van der Waals surface area contributed by atoms with Crippen molar-refractivity contribution < 1.29 is 19.8 Å². The highest BCUT2D eigenvalue weighted by Crippen LogP contribution is 2.09. The second-order valence-corrected chi connectivity index (χ2v) is 2.92. The molecule has 14 heavy (non-hydrogen) atoms. The Morgan fingerprint density at radius 2 is 1.57 bits per heavy atom. The molecule has 4 heteroatoms. The standard InChI is InChI=1S/C10H10O4/c11-9(12)8(10(13)14)6-7-4-2-1-3-5-7/h1-5,8H,6H2,(H,11,12)(H,13,14). The van der Waals surface area contributed by atoms with E-state index in [0.29, 0.717) is 5.56 Å². The Balaban J connectivity index is 2.75. The molecule has 0 atom stereocenters. The van der Waals surface area contributed by atoms with Crippen LogP contribution in [0.15, 0.2) is 30.3 Å². The van der Waals surface area contributed by atoms with Crippen molar-refractivity contribution in [1.29, 1.82) is 0 Å². The lowest BCUT2D eigenvalue weighted by molar-refractivity contribution is -0.154. The van der Waals surface area contributed by atoms with E-state index in [1.807, 2.05) is 0 Å². The average molecular weight is 194 g/mol. The van der Waals surface area contributed by atoms with Crippen LogP contribution in [0.3, 0.4) is 0 Å². The minimum Gasteiger partial charge on any atom is -0.481 e. The number of carboxylic acids is 2. The molecule has 0 fully saturated rings.